The molecule has 1 atom stereocenters. The number of nitrogens with two attached hydrogens (primary N) is 1. The SMILES string of the molecule is C[C@H](C(N)=O)n1ccc2c(NC(=O)c3ccc4ncccc4c3)cccc2c1=O. The summed E-state index contributed by atoms with van der Waals surface area (Å²) in [6.07, 6.45) is 3.21. The number of aromatic nitrogens is 2. The van der Waals surface area contributed by atoms with Gasteiger partial charge in [-0.1, -0.05) is 12.1 Å². The zero-order valence-corrected chi connectivity index (χ0v) is 15.6. The highest BCUT2D eigenvalue weighted by molar-refractivity contribution is 6.10. The van der Waals surface area contributed by atoms with E-state index in [0.29, 0.717) is 22.0 Å². The van der Waals surface area contributed by atoms with Crippen LogP contribution >= 0.6 is 0 Å². The van der Waals surface area contributed by atoms with Gasteiger partial charge in [0.1, 0.15) is 6.04 Å². The maximum Gasteiger partial charge on any atom is 0.259 e. The van der Waals surface area contributed by atoms with Gasteiger partial charge in [0.05, 0.1) is 5.52 Å². The zero-order valence-electron chi connectivity index (χ0n) is 15.6. The van der Waals surface area contributed by atoms with Crippen LogP contribution in [0, 0.1) is 0 Å². The molecule has 4 aromatic rings. The Labute approximate surface area is 165 Å². The number of nitrogens with one attached hydrogen (secondary N) is 1. The largest absolute Gasteiger partial charge is 0.368 e. The molecule has 0 bridgehead atoms. The zero-order chi connectivity index (χ0) is 20.5. The van der Waals surface area contributed by atoms with Crippen LogP contribution in [0.2, 0.25) is 0 Å². The molecule has 2 amide bonds. The van der Waals surface area contributed by atoms with Gasteiger partial charge in [-0.2, -0.15) is 0 Å². The number of anilines is 1. The van der Waals surface area contributed by atoms with E-state index >= 15 is 0 Å². The number of nitrogens with zero attached hydrogens (tertiary/aromatic N) is 2. The number of fused-ring (bicyclic) bond motifs is 2. The van der Waals surface area contributed by atoms with Crippen molar-refractivity contribution in [1.82, 2.24) is 9.55 Å². The highest BCUT2D eigenvalue weighted by Crippen LogP contribution is 2.23. The summed E-state index contributed by atoms with van der Waals surface area (Å²) >= 11 is 0. The first kappa shape index (κ1) is 18.4. The first-order valence-corrected chi connectivity index (χ1v) is 9.05. The molecular weight excluding hydrogens is 368 g/mol. The van der Waals surface area contributed by atoms with Gasteiger partial charge < -0.3 is 15.6 Å². The fourth-order valence-electron chi connectivity index (χ4n) is 3.26. The lowest BCUT2D eigenvalue weighted by Crippen LogP contribution is -2.31. The number of carbonyl (C=O) groups excluding carboxylic acids is 2. The van der Waals surface area contributed by atoms with Crippen molar-refractivity contribution in [2.45, 2.75) is 13.0 Å². The molecule has 0 spiro atoms. The fraction of sp³-hybridized carbons (Fsp3) is 0.0909. The maximum absolute atomic E-state index is 12.8. The third-order valence-electron chi connectivity index (χ3n) is 4.92. The van der Waals surface area contributed by atoms with Crippen molar-refractivity contribution in [3.63, 3.8) is 0 Å². The molecular formula is C22H18N4O3. The third-order valence-corrected chi connectivity index (χ3v) is 4.92. The Morgan fingerprint density at radius 1 is 1.07 bits per heavy atom. The first-order valence-electron chi connectivity index (χ1n) is 9.05. The van der Waals surface area contributed by atoms with Gasteiger partial charge in [0.25, 0.3) is 11.5 Å². The second-order valence-electron chi connectivity index (χ2n) is 6.74. The van der Waals surface area contributed by atoms with Crippen molar-refractivity contribution < 1.29 is 9.59 Å². The van der Waals surface area contributed by atoms with Crippen LogP contribution in [0.1, 0.15) is 23.3 Å². The Morgan fingerprint density at radius 2 is 1.90 bits per heavy atom. The molecule has 7 heteroatoms. The van der Waals surface area contributed by atoms with Gasteiger partial charge in [0, 0.05) is 39.8 Å². The maximum atomic E-state index is 12.8. The number of hydrogen-bond donors (Lipinski definition) is 2. The molecule has 3 N–H and O–H groups in total. The topological polar surface area (TPSA) is 107 Å². The highest BCUT2D eigenvalue weighted by atomic mass is 16.2. The van der Waals surface area contributed by atoms with E-state index in [1.807, 2.05) is 12.1 Å². The summed E-state index contributed by atoms with van der Waals surface area (Å²) < 4.78 is 1.28. The van der Waals surface area contributed by atoms with Crippen molar-refractivity contribution >= 4 is 39.2 Å². The molecule has 2 aromatic heterocycles. The Bertz CT molecular complexity index is 1330. The minimum Gasteiger partial charge on any atom is -0.368 e. The van der Waals surface area contributed by atoms with Crippen LogP contribution < -0.4 is 16.6 Å². The van der Waals surface area contributed by atoms with E-state index in [1.165, 1.54) is 10.8 Å². The summed E-state index contributed by atoms with van der Waals surface area (Å²) in [6, 6.07) is 14.9. The average molecular weight is 386 g/mol. The van der Waals surface area contributed by atoms with Crippen LogP contribution in [0.15, 0.2) is 71.8 Å². The van der Waals surface area contributed by atoms with Gasteiger partial charge in [-0.25, -0.2) is 0 Å². The number of amides is 2. The smallest absolute Gasteiger partial charge is 0.259 e. The van der Waals surface area contributed by atoms with E-state index in [0.717, 1.165) is 10.9 Å². The minimum absolute atomic E-state index is 0.294. The van der Waals surface area contributed by atoms with Gasteiger partial charge in [-0.05, 0) is 49.4 Å². The molecule has 0 aliphatic rings. The molecule has 0 saturated carbocycles. The first-order chi connectivity index (χ1) is 14.0. The molecule has 4 rings (SSSR count). The van der Waals surface area contributed by atoms with Gasteiger partial charge in [-0.3, -0.25) is 19.4 Å². The second kappa shape index (κ2) is 7.20. The molecule has 0 fully saturated rings. The normalized spacial score (nSPS) is 12.0. The van der Waals surface area contributed by atoms with E-state index in [1.54, 1.807) is 55.6 Å². The molecule has 144 valence electrons. The van der Waals surface area contributed by atoms with Crippen LogP contribution in [0.25, 0.3) is 21.7 Å². The van der Waals surface area contributed by atoms with Crippen molar-refractivity contribution in [2.24, 2.45) is 5.73 Å². The predicted molar refractivity (Wildman–Crippen MR) is 112 cm³/mol. The summed E-state index contributed by atoms with van der Waals surface area (Å²) in [4.78, 5) is 41.2. The van der Waals surface area contributed by atoms with Gasteiger partial charge >= 0.3 is 0 Å². The summed E-state index contributed by atoms with van der Waals surface area (Å²) in [6.45, 7) is 1.57. The summed E-state index contributed by atoms with van der Waals surface area (Å²) in [5.74, 6) is -0.889. The van der Waals surface area contributed by atoms with E-state index in [9.17, 15) is 14.4 Å². The van der Waals surface area contributed by atoms with Crippen LogP contribution in [0.5, 0.6) is 0 Å². The quantitative estimate of drug-likeness (QED) is 0.562. The number of hydrogen-bond acceptors (Lipinski definition) is 4. The summed E-state index contributed by atoms with van der Waals surface area (Å²) in [5.41, 5.74) is 6.77. The molecule has 0 aliphatic carbocycles. The molecule has 7 nitrogen and oxygen atoms in total. The number of carbonyl (C=O) groups is 2. The van der Waals surface area contributed by atoms with Crippen molar-refractivity contribution in [1.29, 1.82) is 0 Å². The molecule has 2 heterocycles. The molecule has 0 saturated heterocycles. The molecule has 2 aromatic carbocycles. The summed E-state index contributed by atoms with van der Waals surface area (Å²) in [7, 11) is 0. The highest BCUT2D eigenvalue weighted by Gasteiger charge is 2.16. The van der Waals surface area contributed by atoms with Gasteiger partial charge in [0.2, 0.25) is 5.91 Å². The van der Waals surface area contributed by atoms with E-state index in [2.05, 4.69) is 10.3 Å². The Hall–Kier alpha value is -4.00. The predicted octanol–water partition coefficient (Wildman–Crippen LogP) is 2.85. The lowest BCUT2D eigenvalue weighted by Gasteiger charge is -2.14. The van der Waals surface area contributed by atoms with E-state index < -0.39 is 11.9 Å². The molecule has 0 unspecified atom stereocenters. The molecule has 0 radical (unpaired) electrons. The number of benzene rings is 2. The van der Waals surface area contributed by atoms with Crippen LogP contribution in [-0.2, 0) is 4.79 Å². The van der Waals surface area contributed by atoms with Crippen LogP contribution in [-0.4, -0.2) is 21.4 Å². The molecule has 0 aliphatic heterocycles. The summed E-state index contributed by atoms with van der Waals surface area (Å²) in [5, 5.41) is 4.70. The lowest BCUT2D eigenvalue weighted by atomic mass is 10.1. The van der Waals surface area contributed by atoms with E-state index in [-0.39, 0.29) is 11.5 Å². The fourth-order valence-corrected chi connectivity index (χ4v) is 3.26. The lowest BCUT2D eigenvalue weighted by molar-refractivity contribution is -0.120. The Morgan fingerprint density at radius 3 is 2.69 bits per heavy atom. The average Bonchev–Trinajstić information content (AvgIpc) is 2.73. The van der Waals surface area contributed by atoms with Crippen molar-refractivity contribution in [3.8, 4) is 0 Å². The van der Waals surface area contributed by atoms with Crippen molar-refractivity contribution in [2.75, 3.05) is 5.32 Å². The standard InChI is InChI=1S/C22H18N4O3/c1-13(20(23)27)26-11-9-16-17(22(26)29)5-2-6-19(16)25-21(28)15-7-8-18-14(12-15)4-3-10-24-18/h2-13H,1H3,(H2,23,27)(H,25,28)/t13-/m1/s1. The Balaban J connectivity index is 1.72. The number of primary amides is 1. The van der Waals surface area contributed by atoms with Gasteiger partial charge in [0.15, 0.2) is 0 Å². The monoisotopic (exact) mass is 386 g/mol. The number of pyridine rings is 2. The van der Waals surface area contributed by atoms with E-state index in [4.69, 9.17) is 5.73 Å². The second-order valence-corrected chi connectivity index (χ2v) is 6.74. The van der Waals surface area contributed by atoms with Gasteiger partial charge in [-0.15, -0.1) is 0 Å². The Kier molecular flexibility index (Phi) is 4.56. The van der Waals surface area contributed by atoms with Crippen LogP contribution in [0.3, 0.4) is 0 Å². The number of rotatable bonds is 4. The minimum atomic E-state index is -0.767. The molecule has 29 heavy (non-hydrogen) atoms. The van der Waals surface area contributed by atoms with Crippen molar-refractivity contribution in [3.05, 3.63) is 82.9 Å². The van der Waals surface area contributed by atoms with Crippen LogP contribution in [0.4, 0.5) is 5.69 Å². The third kappa shape index (κ3) is 3.34.